The van der Waals surface area contributed by atoms with Crippen LogP contribution in [-0.4, -0.2) is 17.4 Å². The van der Waals surface area contributed by atoms with Crippen molar-refractivity contribution in [3.8, 4) is 0 Å². The molecule has 106 valence electrons. The molecular weight excluding hydrogens is 305 g/mol. The molecule has 1 unspecified atom stereocenters. The zero-order valence-corrected chi connectivity index (χ0v) is 12.8. The van der Waals surface area contributed by atoms with Crippen LogP contribution in [0, 0.1) is 0 Å². The lowest BCUT2D eigenvalue weighted by Gasteiger charge is -2.41. The topological polar surface area (TPSA) is 20.3 Å². The Balaban J connectivity index is 1.88. The maximum absolute atomic E-state index is 12.7. The highest BCUT2D eigenvalue weighted by atomic mass is 35.5. The molecular formula is C17H13Cl2NO. The monoisotopic (exact) mass is 317 g/mol. The normalized spacial score (nSPS) is 19.8. The highest BCUT2D eigenvalue weighted by Gasteiger charge is 2.37. The number of hydrogen-bond donors (Lipinski definition) is 0. The summed E-state index contributed by atoms with van der Waals surface area (Å²) in [7, 11) is 0. The van der Waals surface area contributed by atoms with Gasteiger partial charge in [-0.2, -0.15) is 0 Å². The molecule has 2 aliphatic rings. The molecule has 4 rings (SSSR count). The van der Waals surface area contributed by atoms with Gasteiger partial charge in [0, 0.05) is 12.1 Å². The van der Waals surface area contributed by atoms with Crippen molar-refractivity contribution in [2.45, 2.75) is 18.9 Å². The smallest absolute Gasteiger partial charge is 0.254 e. The van der Waals surface area contributed by atoms with Gasteiger partial charge < -0.3 is 4.90 Å². The molecule has 0 saturated heterocycles. The van der Waals surface area contributed by atoms with Crippen LogP contribution >= 0.6 is 23.2 Å². The number of nitrogens with zero attached hydrogens (tertiary/aromatic N) is 1. The first-order valence-electron chi connectivity index (χ1n) is 7.02. The third-order valence-electron chi connectivity index (χ3n) is 4.50. The van der Waals surface area contributed by atoms with E-state index >= 15 is 0 Å². The minimum Gasteiger partial charge on any atom is -0.331 e. The van der Waals surface area contributed by atoms with Gasteiger partial charge in [0.25, 0.3) is 5.91 Å². The molecule has 1 atom stereocenters. The molecule has 21 heavy (non-hydrogen) atoms. The Morgan fingerprint density at radius 1 is 1.10 bits per heavy atom. The first kappa shape index (κ1) is 13.2. The second kappa shape index (κ2) is 4.75. The van der Waals surface area contributed by atoms with Crippen LogP contribution < -0.4 is 0 Å². The molecule has 4 heteroatoms. The summed E-state index contributed by atoms with van der Waals surface area (Å²) < 4.78 is 0. The summed E-state index contributed by atoms with van der Waals surface area (Å²) in [5, 5.41) is 1.03. The third kappa shape index (κ3) is 1.90. The van der Waals surface area contributed by atoms with Gasteiger partial charge in [0.15, 0.2) is 0 Å². The molecule has 0 radical (unpaired) electrons. The Bertz CT molecular complexity index is 756. The van der Waals surface area contributed by atoms with E-state index in [-0.39, 0.29) is 11.9 Å². The average Bonchev–Trinajstić information content (AvgIpc) is 2.51. The van der Waals surface area contributed by atoms with E-state index in [1.807, 2.05) is 11.0 Å². The van der Waals surface area contributed by atoms with Crippen molar-refractivity contribution >= 4 is 29.1 Å². The Morgan fingerprint density at radius 2 is 1.90 bits per heavy atom. The predicted molar refractivity (Wildman–Crippen MR) is 84.1 cm³/mol. The van der Waals surface area contributed by atoms with Gasteiger partial charge in [-0.25, -0.2) is 0 Å². The molecule has 1 amide bonds. The summed E-state index contributed by atoms with van der Waals surface area (Å²) in [5.41, 5.74) is 4.14. The van der Waals surface area contributed by atoms with Crippen molar-refractivity contribution in [1.29, 1.82) is 0 Å². The van der Waals surface area contributed by atoms with Crippen molar-refractivity contribution < 1.29 is 4.79 Å². The first-order valence-corrected chi connectivity index (χ1v) is 7.78. The third-order valence-corrected chi connectivity index (χ3v) is 5.34. The minimum atomic E-state index is 0.0642. The number of fused-ring (bicyclic) bond motifs is 4. The largest absolute Gasteiger partial charge is 0.331 e. The van der Waals surface area contributed by atoms with Crippen molar-refractivity contribution in [2.75, 3.05) is 6.54 Å². The fourth-order valence-electron chi connectivity index (χ4n) is 3.46. The van der Waals surface area contributed by atoms with Crippen LogP contribution in [0.4, 0.5) is 0 Å². The number of carbonyl (C=O) groups is 1. The summed E-state index contributed by atoms with van der Waals surface area (Å²) in [5.74, 6) is 0.0642. The highest BCUT2D eigenvalue weighted by Crippen LogP contribution is 2.41. The zero-order chi connectivity index (χ0) is 14.6. The summed E-state index contributed by atoms with van der Waals surface area (Å²) >= 11 is 12.4. The molecule has 2 aromatic rings. The Morgan fingerprint density at radius 3 is 2.76 bits per heavy atom. The van der Waals surface area contributed by atoms with E-state index in [4.69, 9.17) is 23.2 Å². The van der Waals surface area contributed by atoms with Gasteiger partial charge in [-0.05, 0) is 41.7 Å². The van der Waals surface area contributed by atoms with Crippen LogP contribution in [0.25, 0.3) is 0 Å². The maximum atomic E-state index is 12.7. The average molecular weight is 318 g/mol. The number of benzene rings is 2. The van der Waals surface area contributed by atoms with Gasteiger partial charge in [0.1, 0.15) is 0 Å². The van der Waals surface area contributed by atoms with Crippen LogP contribution in [0.5, 0.6) is 0 Å². The number of hydrogen-bond acceptors (Lipinski definition) is 1. The standard InChI is InChI=1S/C17H13Cl2NO/c18-14-6-5-12-13(16(14)19)9-15-11-4-2-1-3-10(11)7-8-20(15)17(12)21/h1-6,15H,7-9H2. The molecule has 2 aliphatic heterocycles. The van der Waals surface area contributed by atoms with E-state index in [0.717, 1.165) is 24.9 Å². The fraction of sp³-hybridized carbons (Fsp3) is 0.235. The molecule has 0 N–H and O–H groups in total. The predicted octanol–water partition coefficient (Wildman–Crippen LogP) is 4.29. The van der Waals surface area contributed by atoms with E-state index in [1.165, 1.54) is 11.1 Å². The molecule has 2 nitrogen and oxygen atoms in total. The number of rotatable bonds is 0. The summed E-state index contributed by atoms with van der Waals surface area (Å²) in [6, 6.07) is 11.9. The lowest BCUT2D eigenvalue weighted by atomic mass is 9.84. The molecule has 0 fully saturated rings. The number of carbonyl (C=O) groups excluding carboxylic acids is 1. The summed E-state index contributed by atoms with van der Waals surface area (Å²) in [6.07, 6.45) is 1.65. The van der Waals surface area contributed by atoms with E-state index in [9.17, 15) is 4.79 Å². The van der Waals surface area contributed by atoms with Crippen LogP contribution in [0.2, 0.25) is 10.0 Å². The van der Waals surface area contributed by atoms with Gasteiger partial charge in [-0.15, -0.1) is 0 Å². The molecule has 2 aromatic carbocycles. The lowest BCUT2D eigenvalue weighted by molar-refractivity contribution is 0.0632. The molecule has 0 aliphatic carbocycles. The van der Waals surface area contributed by atoms with Crippen molar-refractivity contribution in [3.05, 3.63) is 68.7 Å². The fourth-order valence-corrected chi connectivity index (χ4v) is 3.87. The second-order valence-corrected chi connectivity index (χ2v) is 6.34. The van der Waals surface area contributed by atoms with Gasteiger partial charge in [-0.1, -0.05) is 47.5 Å². The van der Waals surface area contributed by atoms with E-state index in [1.54, 1.807) is 12.1 Å². The Hall–Kier alpha value is -1.51. The summed E-state index contributed by atoms with van der Waals surface area (Å²) in [4.78, 5) is 14.7. The Kier molecular flexibility index (Phi) is 2.98. The quantitative estimate of drug-likeness (QED) is 0.709. The molecule has 0 spiro atoms. The van der Waals surface area contributed by atoms with Gasteiger partial charge >= 0.3 is 0 Å². The maximum Gasteiger partial charge on any atom is 0.254 e. The number of amides is 1. The van der Waals surface area contributed by atoms with E-state index in [0.29, 0.717) is 15.6 Å². The zero-order valence-electron chi connectivity index (χ0n) is 11.3. The van der Waals surface area contributed by atoms with Crippen molar-refractivity contribution in [2.24, 2.45) is 0 Å². The lowest BCUT2D eigenvalue weighted by Crippen LogP contribution is -2.44. The van der Waals surface area contributed by atoms with Gasteiger partial charge in [0.2, 0.25) is 0 Å². The number of halogens is 2. The highest BCUT2D eigenvalue weighted by molar-refractivity contribution is 6.42. The summed E-state index contributed by atoms with van der Waals surface area (Å²) in [6.45, 7) is 0.764. The van der Waals surface area contributed by atoms with E-state index in [2.05, 4.69) is 18.2 Å². The van der Waals surface area contributed by atoms with Crippen LogP contribution in [0.1, 0.15) is 33.1 Å². The molecule has 0 aromatic heterocycles. The van der Waals surface area contributed by atoms with Crippen LogP contribution in [0.15, 0.2) is 36.4 Å². The van der Waals surface area contributed by atoms with Gasteiger partial charge in [-0.3, -0.25) is 4.79 Å². The SMILES string of the molecule is O=C1c2ccc(Cl)c(Cl)c2CC2c3ccccc3CCN12. The molecule has 0 bridgehead atoms. The van der Waals surface area contributed by atoms with Crippen LogP contribution in [0.3, 0.4) is 0 Å². The molecule has 2 heterocycles. The second-order valence-electron chi connectivity index (χ2n) is 5.55. The Labute approximate surface area is 133 Å². The van der Waals surface area contributed by atoms with Crippen molar-refractivity contribution in [1.82, 2.24) is 4.90 Å². The first-order chi connectivity index (χ1) is 10.2. The van der Waals surface area contributed by atoms with Crippen LogP contribution in [-0.2, 0) is 12.8 Å². The minimum absolute atomic E-state index is 0.0642. The molecule has 0 saturated carbocycles. The van der Waals surface area contributed by atoms with Gasteiger partial charge in [0.05, 0.1) is 16.1 Å². The van der Waals surface area contributed by atoms with Crippen molar-refractivity contribution in [3.63, 3.8) is 0 Å². The van der Waals surface area contributed by atoms with E-state index < -0.39 is 0 Å².